The molecular formula is C22H31N3O4S. The average molecular weight is 434 g/mol. The van der Waals surface area contributed by atoms with E-state index < -0.39 is 9.84 Å². The topological polar surface area (TPSA) is 78.0 Å². The van der Waals surface area contributed by atoms with E-state index in [1.54, 1.807) is 0 Å². The Morgan fingerprint density at radius 1 is 0.933 bits per heavy atom. The van der Waals surface area contributed by atoms with E-state index in [4.69, 9.17) is 0 Å². The largest absolute Gasteiger partial charge is 0.336 e. The first-order valence-electron chi connectivity index (χ1n) is 11.0. The fourth-order valence-corrected chi connectivity index (χ4v) is 6.74. The minimum absolute atomic E-state index is 0.0327. The van der Waals surface area contributed by atoms with Gasteiger partial charge < -0.3 is 9.80 Å². The molecule has 2 amide bonds. The molecule has 30 heavy (non-hydrogen) atoms. The van der Waals surface area contributed by atoms with E-state index >= 15 is 0 Å². The van der Waals surface area contributed by atoms with E-state index in [9.17, 15) is 18.0 Å². The lowest BCUT2D eigenvalue weighted by molar-refractivity contribution is -0.137. The minimum atomic E-state index is -3.03. The number of sulfone groups is 1. The van der Waals surface area contributed by atoms with Crippen molar-refractivity contribution in [3.8, 4) is 0 Å². The van der Waals surface area contributed by atoms with E-state index in [1.807, 2.05) is 40.1 Å². The van der Waals surface area contributed by atoms with Gasteiger partial charge in [-0.1, -0.05) is 31.0 Å². The SMILES string of the molecule is O=C(c1ccccc1)N1CCN(CC(=O)N(C2CCCC2)[C@@H]2CCS(=O)(=O)C2)CC1. The second-order valence-electron chi connectivity index (χ2n) is 8.73. The monoisotopic (exact) mass is 433 g/mol. The van der Waals surface area contributed by atoms with Crippen LogP contribution in [0.2, 0.25) is 0 Å². The van der Waals surface area contributed by atoms with Gasteiger partial charge in [0.1, 0.15) is 0 Å². The Labute approximate surface area is 178 Å². The first-order valence-corrected chi connectivity index (χ1v) is 12.8. The van der Waals surface area contributed by atoms with Crippen LogP contribution in [-0.4, -0.2) is 91.2 Å². The number of carbonyl (C=O) groups excluding carboxylic acids is 2. The van der Waals surface area contributed by atoms with Crippen molar-refractivity contribution in [1.82, 2.24) is 14.7 Å². The predicted molar refractivity (Wildman–Crippen MR) is 115 cm³/mol. The summed E-state index contributed by atoms with van der Waals surface area (Å²) in [4.78, 5) is 31.7. The number of piperazine rings is 1. The molecule has 1 aromatic rings. The molecule has 4 rings (SSSR count). The summed E-state index contributed by atoms with van der Waals surface area (Å²) in [6, 6.07) is 9.28. The van der Waals surface area contributed by atoms with Gasteiger partial charge in [0.25, 0.3) is 5.91 Å². The quantitative estimate of drug-likeness (QED) is 0.702. The maximum atomic E-state index is 13.2. The standard InChI is InChI=1S/C22H31N3O4S/c26-21(25(19-8-4-5-9-19)20-10-15-30(28,29)17-20)16-23-11-13-24(14-12-23)22(27)18-6-2-1-3-7-18/h1-3,6-7,19-20H,4-5,8-17H2/t20-/m1/s1. The number of hydrogen-bond donors (Lipinski definition) is 0. The van der Waals surface area contributed by atoms with E-state index in [2.05, 4.69) is 4.90 Å². The van der Waals surface area contributed by atoms with Gasteiger partial charge in [0.2, 0.25) is 5.91 Å². The summed E-state index contributed by atoms with van der Waals surface area (Å²) in [5.74, 6) is 0.375. The average Bonchev–Trinajstić information content (AvgIpc) is 3.39. The predicted octanol–water partition coefficient (Wildman–Crippen LogP) is 1.40. The van der Waals surface area contributed by atoms with E-state index in [0.717, 1.165) is 25.7 Å². The van der Waals surface area contributed by atoms with Crippen molar-refractivity contribution in [2.24, 2.45) is 0 Å². The van der Waals surface area contributed by atoms with Gasteiger partial charge in [0.15, 0.2) is 9.84 Å². The molecule has 0 aromatic heterocycles. The molecule has 0 unspecified atom stereocenters. The van der Waals surface area contributed by atoms with Crippen LogP contribution in [0.15, 0.2) is 30.3 Å². The lowest BCUT2D eigenvalue weighted by atomic mass is 10.1. The molecule has 1 aliphatic carbocycles. The molecule has 3 aliphatic rings. The molecule has 1 aromatic carbocycles. The maximum absolute atomic E-state index is 13.2. The lowest BCUT2D eigenvalue weighted by Gasteiger charge is -2.38. The maximum Gasteiger partial charge on any atom is 0.253 e. The molecule has 164 valence electrons. The van der Waals surface area contributed by atoms with Crippen LogP contribution in [0.1, 0.15) is 42.5 Å². The van der Waals surface area contributed by atoms with Gasteiger partial charge in [-0.05, 0) is 31.4 Å². The summed E-state index contributed by atoms with van der Waals surface area (Å²) < 4.78 is 24.0. The van der Waals surface area contributed by atoms with E-state index in [1.165, 1.54) is 0 Å². The summed E-state index contributed by atoms with van der Waals surface area (Å²) in [6.45, 7) is 2.82. The third-order valence-corrected chi connectivity index (χ3v) is 8.40. The smallest absolute Gasteiger partial charge is 0.253 e. The molecular weight excluding hydrogens is 402 g/mol. The zero-order valence-electron chi connectivity index (χ0n) is 17.4. The van der Waals surface area contributed by atoms with Crippen LogP contribution in [0.3, 0.4) is 0 Å². The molecule has 0 bridgehead atoms. The van der Waals surface area contributed by atoms with Gasteiger partial charge in [-0.2, -0.15) is 0 Å². The van der Waals surface area contributed by atoms with Crippen molar-refractivity contribution in [2.45, 2.75) is 44.2 Å². The molecule has 1 saturated carbocycles. The molecule has 0 N–H and O–H groups in total. The van der Waals surface area contributed by atoms with Gasteiger partial charge in [0, 0.05) is 43.8 Å². The van der Waals surface area contributed by atoms with Crippen molar-refractivity contribution in [1.29, 1.82) is 0 Å². The fourth-order valence-electron chi connectivity index (χ4n) is 5.03. The number of nitrogens with zero attached hydrogens (tertiary/aromatic N) is 3. The van der Waals surface area contributed by atoms with Crippen LogP contribution in [0.25, 0.3) is 0 Å². The van der Waals surface area contributed by atoms with Crippen molar-refractivity contribution >= 4 is 21.7 Å². The van der Waals surface area contributed by atoms with Crippen LogP contribution >= 0.6 is 0 Å². The van der Waals surface area contributed by atoms with Gasteiger partial charge in [-0.15, -0.1) is 0 Å². The second kappa shape index (κ2) is 9.06. The molecule has 1 atom stereocenters. The first-order chi connectivity index (χ1) is 14.4. The van der Waals surface area contributed by atoms with Crippen molar-refractivity contribution < 1.29 is 18.0 Å². The van der Waals surface area contributed by atoms with Crippen LogP contribution in [-0.2, 0) is 14.6 Å². The third-order valence-electron chi connectivity index (χ3n) is 6.65. The Hall–Kier alpha value is -1.93. The van der Waals surface area contributed by atoms with Gasteiger partial charge in [-0.3, -0.25) is 14.5 Å². The molecule has 0 radical (unpaired) electrons. The Kier molecular flexibility index (Phi) is 6.43. The summed E-state index contributed by atoms with van der Waals surface area (Å²) >= 11 is 0. The Morgan fingerprint density at radius 3 is 2.20 bits per heavy atom. The molecule has 8 heteroatoms. The zero-order valence-corrected chi connectivity index (χ0v) is 18.2. The van der Waals surface area contributed by atoms with Gasteiger partial charge in [0.05, 0.1) is 18.1 Å². The Morgan fingerprint density at radius 2 is 1.60 bits per heavy atom. The fraction of sp³-hybridized carbons (Fsp3) is 0.636. The Balaban J connectivity index is 1.35. The second-order valence-corrected chi connectivity index (χ2v) is 11.0. The van der Waals surface area contributed by atoms with Gasteiger partial charge in [-0.25, -0.2) is 8.42 Å². The number of hydrogen-bond acceptors (Lipinski definition) is 5. The van der Waals surface area contributed by atoms with Crippen molar-refractivity contribution in [3.63, 3.8) is 0 Å². The van der Waals surface area contributed by atoms with E-state index in [-0.39, 0.29) is 35.4 Å². The highest BCUT2D eigenvalue weighted by molar-refractivity contribution is 7.91. The van der Waals surface area contributed by atoms with Crippen LogP contribution in [0.4, 0.5) is 0 Å². The lowest BCUT2D eigenvalue weighted by Crippen LogP contribution is -2.54. The molecule has 3 fully saturated rings. The first kappa shape index (κ1) is 21.3. The van der Waals surface area contributed by atoms with Gasteiger partial charge >= 0.3 is 0 Å². The highest BCUT2D eigenvalue weighted by atomic mass is 32.2. The number of amides is 2. The van der Waals surface area contributed by atoms with Crippen LogP contribution in [0.5, 0.6) is 0 Å². The summed E-state index contributed by atoms with van der Waals surface area (Å²) in [7, 11) is -3.03. The number of carbonyl (C=O) groups is 2. The molecule has 0 spiro atoms. The highest BCUT2D eigenvalue weighted by Gasteiger charge is 2.39. The molecule has 7 nitrogen and oxygen atoms in total. The van der Waals surface area contributed by atoms with E-state index in [0.29, 0.717) is 44.7 Å². The normalized spacial score (nSPS) is 24.8. The third kappa shape index (κ3) is 4.86. The van der Waals surface area contributed by atoms with Crippen molar-refractivity contribution in [2.75, 3.05) is 44.2 Å². The molecule has 2 aliphatic heterocycles. The highest BCUT2D eigenvalue weighted by Crippen LogP contribution is 2.29. The van der Waals surface area contributed by atoms with Crippen LogP contribution in [0, 0.1) is 0 Å². The summed E-state index contributed by atoms with van der Waals surface area (Å²) in [6.07, 6.45) is 4.72. The number of benzene rings is 1. The van der Waals surface area contributed by atoms with Crippen molar-refractivity contribution in [3.05, 3.63) is 35.9 Å². The summed E-state index contributed by atoms with van der Waals surface area (Å²) in [5.41, 5.74) is 0.692. The zero-order chi connectivity index (χ0) is 21.1. The number of rotatable bonds is 5. The molecule has 2 saturated heterocycles. The van der Waals surface area contributed by atoms with Crippen LogP contribution < -0.4 is 0 Å². The Bertz CT molecular complexity index is 860. The summed E-state index contributed by atoms with van der Waals surface area (Å²) in [5, 5.41) is 0. The minimum Gasteiger partial charge on any atom is -0.336 e. The molecule has 2 heterocycles.